The third-order valence-corrected chi connectivity index (χ3v) is 4.44. The summed E-state index contributed by atoms with van der Waals surface area (Å²) in [7, 11) is 1.70. The van der Waals surface area contributed by atoms with Crippen molar-refractivity contribution in [1.82, 2.24) is 15.1 Å². The molecular weight excluding hydrogens is 357 g/mol. The Balaban J connectivity index is 1.84. The van der Waals surface area contributed by atoms with Gasteiger partial charge in [0.25, 0.3) is 5.91 Å². The van der Waals surface area contributed by atoms with Crippen molar-refractivity contribution in [2.45, 2.75) is 52.5 Å². The Labute approximate surface area is 166 Å². The van der Waals surface area contributed by atoms with Crippen LogP contribution in [0.3, 0.4) is 0 Å². The van der Waals surface area contributed by atoms with Gasteiger partial charge in [0.2, 0.25) is 0 Å². The zero-order valence-electron chi connectivity index (χ0n) is 17.0. The predicted octanol–water partition coefficient (Wildman–Crippen LogP) is 4.70. The first kappa shape index (κ1) is 21.7. The standard InChI is InChI=1S/C22H30FN3O2/c1-4-5-6-7-8-9-10-14-28-20-13-11-12-18(21(20)23)16-24-22(27)19-15-17(2)25-26(19)3/h9-13,15H,4-8,14,16H2,1-3H3,(H,24,27). The number of rotatable bonds is 11. The van der Waals surface area contributed by atoms with Crippen LogP contribution in [0.15, 0.2) is 36.4 Å². The molecular formula is C22H30FN3O2. The molecule has 1 heterocycles. The Morgan fingerprint density at radius 3 is 2.82 bits per heavy atom. The summed E-state index contributed by atoms with van der Waals surface area (Å²) in [5.41, 5.74) is 1.58. The molecule has 0 spiro atoms. The van der Waals surface area contributed by atoms with Crippen molar-refractivity contribution in [3.63, 3.8) is 0 Å². The van der Waals surface area contributed by atoms with Gasteiger partial charge in [0, 0.05) is 19.2 Å². The number of hydrogen-bond acceptors (Lipinski definition) is 3. The fourth-order valence-electron chi connectivity index (χ4n) is 2.91. The molecule has 1 amide bonds. The maximum atomic E-state index is 14.6. The molecule has 28 heavy (non-hydrogen) atoms. The summed E-state index contributed by atoms with van der Waals surface area (Å²) >= 11 is 0. The second-order valence-electron chi connectivity index (χ2n) is 6.84. The molecule has 5 nitrogen and oxygen atoms in total. The van der Waals surface area contributed by atoms with E-state index in [4.69, 9.17) is 4.74 Å². The molecule has 0 bridgehead atoms. The quantitative estimate of drug-likeness (QED) is 0.449. The fraction of sp³-hybridized carbons (Fsp3) is 0.455. The van der Waals surface area contributed by atoms with Crippen molar-refractivity contribution in [3.05, 3.63) is 59.2 Å². The van der Waals surface area contributed by atoms with E-state index in [0.29, 0.717) is 17.9 Å². The molecule has 152 valence electrons. The molecule has 0 saturated heterocycles. The van der Waals surface area contributed by atoms with Crippen molar-refractivity contribution in [2.75, 3.05) is 6.61 Å². The highest BCUT2D eigenvalue weighted by Crippen LogP contribution is 2.20. The smallest absolute Gasteiger partial charge is 0.269 e. The van der Waals surface area contributed by atoms with Gasteiger partial charge in [-0.25, -0.2) is 4.39 Å². The average Bonchev–Trinajstić information content (AvgIpc) is 3.02. The van der Waals surface area contributed by atoms with Gasteiger partial charge >= 0.3 is 0 Å². The highest BCUT2D eigenvalue weighted by atomic mass is 19.1. The molecule has 0 saturated carbocycles. The summed E-state index contributed by atoms with van der Waals surface area (Å²) in [6.07, 6.45) is 9.92. The van der Waals surface area contributed by atoms with E-state index in [1.54, 1.807) is 31.3 Å². The number of carbonyl (C=O) groups is 1. The molecule has 0 radical (unpaired) electrons. The minimum Gasteiger partial charge on any atom is -0.486 e. The number of amides is 1. The number of halogens is 1. The highest BCUT2D eigenvalue weighted by molar-refractivity contribution is 5.92. The molecule has 0 atom stereocenters. The molecule has 1 aromatic carbocycles. The lowest BCUT2D eigenvalue weighted by Crippen LogP contribution is -2.25. The van der Waals surface area contributed by atoms with Gasteiger partial charge in [-0.3, -0.25) is 9.48 Å². The number of benzene rings is 1. The first-order chi connectivity index (χ1) is 13.5. The summed E-state index contributed by atoms with van der Waals surface area (Å²) < 4.78 is 21.6. The lowest BCUT2D eigenvalue weighted by molar-refractivity contribution is 0.0941. The first-order valence-electron chi connectivity index (χ1n) is 9.87. The molecule has 1 aromatic heterocycles. The minimum atomic E-state index is -0.444. The van der Waals surface area contributed by atoms with Crippen LogP contribution in [-0.4, -0.2) is 22.3 Å². The number of ether oxygens (including phenoxy) is 1. The zero-order valence-corrected chi connectivity index (χ0v) is 17.0. The lowest BCUT2D eigenvalue weighted by atomic mass is 10.1. The van der Waals surface area contributed by atoms with Gasteiger partial charge < -0.3 is 10.1 Å². The van der Waals surface area contributed by atoms with Gasteiger partial charge in [0.05, 0.1) is 5.69 Å². The van der Waals surface area contributed by atoms with Crippen LogP contribution in [0.1, 0.15) is 60.8 Å². The number of allylic oxidation sites excluding steroid dienone is 1. The average molecular weight is 387 g/mol. The van der Waals surface area contributed by atoms with Crippen molar-refractivity contribution in [3.8, 4) is 5.75 Å². The largest absolute Gasteiger partial charge is 0.486 e. The molecule has 0 unspecified atom stereocenters. The van der Waals surface area contributed by atoms with Crippen molar-refractivity contribution in [1.29, 1.82) is 0 Å². The van der Waals surface area contributed by atoms with Crippen LogP contribution in [0.2, 0.25) is 0 Å². The second-order valence-corrected chi connectivity index (χ2v) is 6.84. The Morgan fingerprint density at radius 2 is 2.11 bits per heavy atom. The van der Waals surface area contributed by atoms with Crippen LogP contribution >= 0.6 is 0 Å². The van der Waals surface area contributed by atoms with E-state index in [-0.39, 0.29) is 18.2 Å². The van der Waals surface area contributed by atoms with Crippen molar-refractivity contribution in [2.24, 2.45) is 7.05 Å². The van der Waals surface area contributed by atoms with Crippen molar-refractivity contribution < 1.29 is 13.9 Å². The number of nitrogens with one attached hydrogen (secondary N) is 1. The van der Waals surface area contributed by atoms with Crippen molar-refractivity contribution >= 4 is 5.91 Å². The number of aryl methyl sites for hydroxylation is 2. The topological polar surface area (TPSA) is 56.1 Å². The number of carbonyl (C=O) groups excluding carboxylic acids is 1. The van der Waals surface area contributed by atoms with Crippen LogP contribution in [0.4, 0.5) is 4.39 Å². The van der Waals surface area contributed by atoms with Crippen LogP contribution in [0.5, 0.6) is 5.75 Å². The van der Waals surface area contributed by atoms with E-state index in [2.05, 4.69) is 23.4 Å². The molecule has 1 N–H and O–H groups in total. The van der Waals surface area contributed by atoms with E-state index >= 15 is 0 Å². The van der Waals surface area contributed by atoms with E-state index < -0.39 is 5.82 Å². The van der Waals surface area contributed by atoms with Gasteiger partial charge in [-0.2, -0.15) is 5.10 Å². The number of nitrogens with zero attached hydrogens (tertiary/aromatic N) is 2. The summed E-state index contributed by atoms with van der Waals surface area (Å²) in [4.78, 5) is 12.3. The van der Waals surface area contributed by atoms with Gasteiger partial charge in [0.15, 0.2) is 11.6 Å². The monoisotopic (exact) mass is 387 g/mol. The summed E-state index contributed by atoms with van der Waals surface area (Å²) in [5, 5.41) is 6.87. The third-order valence-electron chi connectivity index (χ3n) is 4.44. The Kier molecular flexibility index (Phi) is 8.72. The number of aromatic nitrogens is 2. The third kappa shape index (κ3) is 6.51. The van der Waals surface area contributed by atoms with Crippen LogP contribution < -0.4 is 10.1 Å². The summed E-state index contributed by atoms with van der Waals surface area (Å²) in [5.74, 6) is -0.543. The molecule has 2 aromatic rings. The maximum Gasteiger partial charge on any atom is 0.269 e. The normalized spacial score (nSPS) is 11.1. The first-order valence-corrected chi connectivity index (χ1v) is 9.87. The molecule has 6 heteroatoms. The van der Waals surface area contributed by atoms with Gasteiger partial charge in [-0.15, -0.1) is 0 Å². The van der Waals surface area contributed by atoms with E-state index in [9.17, 15) is 9.18 Å². The Bertz CT molecular complexity index is 799. The number of hydrogen-bond donors (Lipinski definition) is 1. The second kappa shape index (κ2) is 11.3. The zero-order chi connectivity index (χ0) is 20.4. The Hall–Kier alpha value is -2.63. The molecule has 0 fully saturated rings. The molecule has 0 aliphatic heterocycles. The van der Waals surface area contributed by atoms with E-state index in [1.165, 1.54) is 30.4 Å². The van der Waals surface area contributed by atoms with Gasteiger partial charge in [0.1, 0.15) is 12.3 Å². The molecule has 2 rings (SSSR count). The number of unbranched alkanes of at least 4 members (excludes halogenated alkanes) is 4. The molecule has 0 aliphatic carbocycles. The lowest BCUT2D eigenvalue weighted by Gasteiger charge is -2.10. The van der Waals surface area contributed by atoms with Crippen LogP contribution in [0.25, 0.3) is 0 Å². The van der Waals surface area contributed by atoms with E-state index in [1.807, 2.05) is 13.0 Å². The molecule has 0 aliphatic rings. The predicted molar refractivity (Wildman–Crippen MR) is 109 cm³/mol. The highest BCUT2D eigenvalue weighted by Gasteiger charge is 2.14. The minimum absolute atomic E-state index is 0.0827. The maximum absolute atomic E-state index is 14.6. The van der Waals surface area contributed by atoms with Crippen LogP contribution in [-0.2, 0) is 13.6 Å². The van der Waals surface area contributed by atoms with E-state index in [0.717, 1.165) is 12.1 Å². The summed E-state index contributed by atoms with van der Waals surface area (Å²) in [6.45, 7) is 4.42. The SMILES string of the molecule is CCCCCCC=CCOc1cccc(CNC(=O)c2cc(C)nn2C)c1F. The fourth-order valence-corrected chi connectivity index (χ4v) is 2.91. The van der Waals surface area contributed by atoms with Gasteiger partial charge in [-0.1, -0.05) is 50.5 Å². The van der Waals surface area contributed by atoms with Gasteiger partial charge in [-0.05, 0) is 31.9 Å². The van der Waals surface area contributed by atoms with Crippen LogP contribution in [0, 0.1) is 12.7 Å². The summed E-state index contributed by atoms with van der Waals surface area (Å²) in [6, 6.07) is 6.66. The Morgan fingerprint density at radius 1 is 1.29 bits per heavy atom.